The average molecular weight is 364 g/mol. The lowest BCUT2D eigenvalue weighted by Gasteiger charge is -2.04. The molecule has 0 saturated heterocycles. The molecule has 0 aliphatic rings. The van der Waals surface area contributed by atoms with Crippen LogP contribution < -0.4 is 11.1 Å². The Balaban J connectivity index is 2.24. The molecule has 2 rings (SSSR count). The lowest BCUT2D eigenvalue weighted by molar-refractivity contribution is -0.140. The van der Waals surface area contributed by atoms with Crippen molar-refractivity contribution in [1.82, 2.24) is 20.3 Å². The second kappa shape index (κ2) is 8.43. The van der Waals surface area contributed by atoms with Crippen LogP contribution in [0.5, 0.6) is 0 Å². The summed E-state index contributed by atoms with van der Waals surface area (Å²) in [7, 11) is 0. The summed E-state index contributed by atoms with van der Waals surface area (Å²) in [5.41, 5.74) is 6.80. The molecule has 0 aromatic carbocycles. The minimum atomic E-state index is -4.54. The zero-order valence-corrected chi connectivity index (χ0v) is 14.1. The summed E-state index contributed by atoms with van der Waals surface area (Å²) in [5, 5.41) is 10.7. The van der Waals surface area contributed by atoms with E-state index in [1.54, 1.807) is 18.5 Å². The molecule has 0 radical (unpaired) electrons. The van der Waals surface area contributed by atoms with E-state index in [0.717, 1.165) is 23.9 Å². The first-order chi connectivity index (χ1) is 12.3. The summed E-state index contributed by atoms with van der Waals surface area (Å²) in [4.78, 5) is 9.89. The fourth-order valence-electron chi connectivity index (χ4n) is 2.11. The van der Waals surface area contributed by atoms with E-state index in [1.807, 2.05) is 13.0 Å². The number of aromatic nitrogens is 3. The van der Waals surface area contributed by atoms with E-state index >= 15 is 0 Å². The highest BCUT2D eigenvalue weighted by Crippen LogP contribution is 2.28. The smallest absolute Gasteiger partial charge is 0.395 e. The number of rotatable bonds is 7. The van der Waals surface area contributed by atoms with Gasteiger partial charge in [-0.25, -0.2) is 4.98 Å². The molecule has 0 bridgehead atoms. The Bertz CT molecular complexity index is 820. The number of alkyl halides is 3. The van der Waals surface area contributed by atoms with Gasteiger partial charge in [-0.15, -0.1) is 0 Å². The van der Waals surface area contributed by atoms with Crippen molar-refractivity contribution < 1.29 is 13.2 Å². The largest absolute Gasteiger partial charge is 0.432 e. The van der Waals surface area contributed by atoms with Crippen LogP contribution in [0.25, 0.3) is 11.8 Å². The van der Waals surface area contributed by atoms with Gasteiger partial charge in [-0.2, -0.15) is 13.2 Å². The zero-order chi connectivity index (χ0) is 19.2. The predicted octanol–water partition coefficient (Wildman–Crippen LogP) is 2.97. The molecule has 0 amide bonds. The fourth-order valence-corrected chi connectivity index (χ4v) is 2.11. The van der Waals surface area contributed by atoms with Crippen LogP contribution in [0.3, 0.4) is 0 Å². The molecule has 5 N–H and O–H groups in total. The molecule has 0 atom stereocenters. The van der Waals surface area contributed by atoms with E-state index < -0.39 is 11.9 Å². The molecular weight excluding hydrogens is 345 g/mol. The maximum atomic E-state index is 12.6. The molecule has 6 nitrogen and oxygen atoms in total. The SMILES string of the molecule is CCNCc1cncc(/C=C/C(C=N)=C(/N)c2ncc(C(F)(F)F)[nH]2)c1. The predicted molar refractivity (Wildman–Crippen MR) is 94.1 cm³/mol. The normalized spacial score (nSPS) is 13.1. The van der Waals surface area contributed by atoms with Crippen molar-refractivity contribution in [2.45, 2.75) is 19.6 Å². The van der Waals surface area contributed by atoms with Crippen LogP contribution in [-0.4, -0.2) is 27.7 Å². The van der Waals surface area contributed by atoms with Crippen LogP contribution in [0.1, 0.15) is 29.6 Å². The number of hydrogen-bond donors (Lipinski definition) is 4. The number of nitrogens with one attached hydrogen (secondary N) is 3. The third kappa shape index (κ3) is 5.03. The van der Waals surface area contributed by atoms with Gasteiger partial charge in [0, 0.05) is 30.7 Å². The second-order valence-corrected chi connectivity index (χ2v) is 5.40. The molecule has 138 valence electrons. The molecule has 26 heavy (non-hydrogen) atoms. The number of nitrogens with zero attached hydrogens (tertiary/aromatic N) is 2. The van der Waals surface area contributed by atoms with Crippen molar-refractivity contribution in [1.29, 1.82) is 5.41 Å². The van der Waals surface area contributed by atoms with Gasteiger partial charge in [-0.05, 0) is 23.7 Å². The first-order valence-corrected chi connectivity index (χ1v) is 7.80. The van der Waals surface area contributed by atoms with Crippen molar-refractivity contribution in [3.63, 3.8) is 0 Å². The van der Waals surface area contributed by atoms with E-state index in [-0.39, 0.29) is 17.1 Å². The van der Waals surface area contributed by atoms with Gasteiger partial charge in [0.2, 0.25) is 0 Å². The highest BCUT2D eigenvalue weighted by molar-refractivity contribution is 5.92. The number of halogens is 3. The maximum absolute atomic E-state index is 12.6. The van der Waals surface area contributed by atoms with Crippen LogP contribution in [0, 0.1) is 5.41 Å². The van der Waals surface area contributed by atoms with Gasteiger partial charge in [0.25, 0.3) is 0 Å². The highest BCUT2D eigenvalue weighted by Gasteiger charge is 2.33. The Kier molecular flexibility index (Phi) is 6.29. The van der Waals surface area contributed by atoms with E-state index in [9.17, 15) is 13.2 Å². The molecule has 0 saturated carbocycles. The fraction of sp³-hybridized carbons (Fsp3) is 0.235. The Hall–Kier alpha value is -2.94. The van der Waals surface area contributed by atoms with Crippen LogP contribution in [0.15, 0.2) is 36.3 Å². The standard InChI is InChI=1S/C17H19F3N6/c1-2-23-8-12-5-11(7-24-9-12)3-4-13(6-21)15(22)16-25-10-14(26-16)17(18,19)20/h3-7,9-10,21,23H,2,8,22H2,1H3,(H,25,26)/b4-3+,15-13-,21-6?. The van der Waals surface area contributed by atoms with E-state index in [0.29, 0.717) is 12.7 Å². The summed E-state index contributed by atoms with van der Waals surface area (Å²) in [5.74, 6) is -0.139. The molecule has 0 aliphatic heterocycles. The summed E-state index contributed by atoms with van der Waals surface area (Å²) in [6.07, 6.45) is 3.68. The average Bonchev–Trinajstić information content (AvgIpc) is 3.11. The van der Waals surface area contributed by atoms with Crippen molar-refractivity contribution in [2.24, 2.45) is 5.73 Å². The summed E-state index contributed by atoms with van der Waals surface area (Å²) in [6.45, 7) is 3.51. The molecule has 0 unspecified atom stereocenters. The van der Waals surface area contributed by atoms with Gasteiger partial charge in [-0.1, -0.05) is 19.1 Å². The van der Waals surface area contributed by atoms with Crippen molar-refractivity contribution in [2.75, 3.05) is 6.54 Å². The topological polar surface area (TPSA) is 103 Å². The first kappa shape index (κ1) is 19.4. The van der Waals surface area contributed by atoms with Gasteiger partial charge in [-0.3, -0.25) is 4.98 Å². The number of aromatic amines is 1. The van der Waals surface area contributed by atoms with Crippen LogP contribution in [0.4, 0.5) is 13.2 Å². The van der Waals surface area contributed by atoms with Crippen molar-refractivity contribution in [3.8, 4) is 0 Å². The summed E-state index contributed by atoms with van der Waals surface area (Å²) in [6, 6.07) is 1.92. The number of allylic oxidation sites excluding steroid dienone is 2. The number of hydrogen-bond acceptors (Lipinski definition) is 5. The molecule has 2 aromatic heterocycles. The van der Waals surface area contributed by atoms with Crippen LogP contribution in [0.2, 0.25) is 0 Å². The minimum Gasteiger partial charge on any atom is -0.395 e. The van der Waals surface area contributed by atoms with Gasteiger partial charge in [0.05, 0.1) is 11.9 Å². The van der Waals surface area contributed by atoms with Gasteiger partial charge < -0.3 is 21.4 Å². The molecule has 2 aromatic rings. The van der Waals surface area contributed by atoms with Gasteiger partial charge >= 0.3 is 6.18 Å². The first-order valence-electron chi connectivity index (χ1n) is 7.80. The molecule has 2 heterocycles. The minimum absolute atomic E-state index is 0.0523. The van der Waals surface area contributed by atoms with E-state index in [4.69, 9.17) is 11.1 Å². The quantitative estimate of drug-likeness (QED) is 0.448. The Morgan fingerprint density at radius 2 is 2.12 bits per heavy atom. The number of H-pyrrole nitrogens is 1. The van der Waals surface area contributed by atoms with Crippen molar-refractivity contribution >= 4 is 18.0 Å². The van der Waals surface area contributed by atoms with Crippen LogP contribution in [-0.2, 0) is 12.7 Å². The third-order valence-electron chi connectivity index (χ3n) is 3.45. The Morgan fingerprint density at radius 1 is 1.35 bits per heavy atom. The van der Waals surface area contributed by atoms with Gasteiger partial charge in [0.1, 0.15) is 5.69 Å². The van der Waals surface area contributed by atoms with E-state index in [2.05, 4.69) is 20.3 Å². The monoisotopic (exact) mass is 364 g/mol. The molecule has 9 heteroatoms. The summed E-state index contributed by atoms with van der Waals surface area (Å²) < 4.78 is 37.9. The molecule has 0 aliphatic carbocycles. The summed E-state index contributed by atoms with van der Waals surface area (Å²) >= 11 is 0. The Morgan fingerprint density at radius 3 is 2.73 bits per heavy atom. The van der Waals surface area contributed by atoms with Crippen LogP contribution >= 0.6 is 0 Å². The number of imidazole rings is 1. The second-order valence-electron chi connectivity index (χ2n) is 5.40. The third-order valence-corrected chi connectivity index (χ3v) is 3.45. The lowest BCUT2D eigenvalue weighted by atomic mass is 10.1. The number of nitrogens with two attached hydrogens (primary N) is 1. The lowest BCUT2D eigenvalue weighted by Crippen LogP contribution is -2.11. The zero-order valence-electron chi connectivity index (χ0n) is 14.1. The molecule has 0 spiro atoms. The molecule has 0 fully saturated rings. The van der Waals surface area contributed by atoms with Crippen molar-refractivity contribution in [3.05, 3.63) is 59.0 Å². The maximum Gasteiger partial charge on any atom is 0.432 e. The van der Waals surface area contributed by atoms with Gasteiger partial charge in [0.15, 0.2) is 5.82 Å². The highest BCUT2D eigenvalue weighted by atomic mass is 19.4. The Labute approximate surface area is 148 Å². The van der Waals surface area contributed by atoms with E-state index in [1.165, 1.54) is 6.08 Å². The number of pyridine rings is 1. The molecular formula is C17H19F3N6.